The van der Waals surface area contributed by atoms with Gasteiger partial charge in [-0.25, -0.2) is 0 Å². The monoisotopic (exact) mass is 300 g/mol. The first-order valence-corrected chi connectivity index (χ1v) is 8.63. The van der Waals surface area contributed by atoms with Crippen LogP contribution in [0.15, 0.2) is 22.4 Å². The fourth-order valence-corrected chi connectivity index (χ4v) is 3.69. The Kier molecular flexibility index (Phi) is 5.21. The third-order valence-electron chi connectivity index (χ3n) is 5.01. The Hall–Kier alpha value is -1.26. The number of nitrogens with zero attached hydrogens (tertiary/aromatic N) is 4. The van der Waals surface area contributed by atoms with Crippen LogP contribution in [0.3, 0.4) is 0 Å². The van der Waals surface area contributed by atoms with Crippen molar-refractivity contribution in [1.29, 1.82) is 0 Å². The van der Waals surface area contributed by atoms with Gasteiger partial charge in [-0.05, 0) is 87.6 Å². The zero-order valence-corrected chi connectivity index (χ0v) is 14.0. The molecule has 2 saturated heterocycles. The van der Waals surface area contributed by atoms with Crippen molar-refractivity contribution in [3.8, 4) is 0 Å². The van der Waals surface area contributed by atoms with Crippen LogP contribution in [-0.4, -0.2) is 43.0 Å². The molecule has 0 unspecified atom stereocenters. The molecule has 2 heterocycles. The average Bonchev–Trinajstić information content (AvgIpc) is 3.17. The van der Waals surface area contributed by atoms with Crippen LogP contribution in [-0.2, 0) is 13.1 Å². The van der Waals surface area contributed by atoms with E-state index in [4.69, 9.17) is 0 Å². The average molecular weight is 300 g/mol. The maximum absolute atomic E-state index is 4.31. The van der Waals surface area contributed by atoms with Gasteiger partial charge in [0.1, 0.15) is 0 Å². The van der Waals surface area contributed by atoms with Crippen LogP contribution in [0.4, 0.5) is 5.69 Å². The topological polar surface area (TPSA) is 31.2 Å². The van der Waals surface area contributed by atoms with Crippen LogP contribution >= 0.6 is 0 Å². The molecule has 0 aliphatic carbocycles. The molecule has 1 aromatic rings. The molecule has 120 valence electrons. The van der Waals surface area contributed by atoms with Gasteiger partial charge in [0.25, 0.3) is 0 Å². The first-order chi connectivity index (χ1) is 10.8. The Bertz CT molecular complexity index is 487. The smallest absolute Gasteiger partial charge is 0.0859 e. The summed E-state index contributed by atoms with van der Waals surface area (Å²) in [5.41, 5.74) is 5.33. The van der Waals surface area contributed by atoms with Crippen molar-refractivity contribution >= 4 is 5.69 Å². The van der Waals surface area contributed by atoms with Gasteiger partial charge in [0.05, 0.1) is 5.69 Å². The maximum atomic E-state index is 4.31. The molecule has 0 N–H and O–H groups in total. The summed E-state index contributed by atoms with van der Waals surface area (Å²) < 4.78 is 0. The highest BCUT2D eigenvalue weighted by Crippen LogP contribution is 2.27. The number of likely N-dealkylation sites (tertiary alicyclic amines) is 2. The summed E-state index contributed by atoms with van der Waals surface area (Å²) in [6.07, 6.45) is 5.37. The van der Waals surface area contributed by atoms with E-state index in [1.807, 2.05) is 0 Å². The Morgan fingerprint density at radius 3 is 1.73 bits per heavy atom. The van der Waals surface area contributed by atoms with E-state index in [0.717, 1.165) is 18.8 Å². The van der Waals surface area contributed by atoms with Gasteiger partial charge in [0.15, 0.2) is 0 Å². The van der Waals surface area contributed by atoms with Crippen LogP contribution in [0.2, 0.25) is 0 Å². The lowest BCUT2D eigenvalue weighted by molar-refractivity contribution is 0.324. The van der Waals surface area contributed by atoms with Gasteiger partial charge < -0.3 is 0 Å². The molecule has 0 amide bonds. The van der Waals surface area contributed by atoms with Gasteiger partial charge in [0.2, 0.25) is 0 Å². The maximum Gasteiger partial charge on any atom is 0.0859 e. The minimum Gasteiger partial charge on any atom is -0.299 e. The van der Waals surface area contributed by atoms with Gasteiger partial charge in [-0.3, -0.25) is 9.80 Å². The van der Waals surface area contributed by atoms with Crippen LogP contribution in [0.25, 0.3) is 0 Å². The third-order valence-corrected chi connectivity index (χ3v) is 5.01. The quantitative estimate of drug-likeness (QED) is 0.772. The lowest BCUT2D eigenvalue weighted by atomic mass is 10.00. The second-order valence-corrected chi connectivity index (χ2v) is 6.66. The predicted octanol–water partition coefficient (Wildman–Crippen LogP) is 3.90. The molecular formula is C18H28N4. The number of rotatable bonds is 5. The number of benzene rings is 1. The van der Waals surface area contributed by atoms with Gasteiger partial charge in [0, 0.05) is 20.1 Å². The van der Waals surface area contributed by atoms with Crippen LogP contribution in [0, 0.1) is 6.92 Å². The summed E-state index contributed by atoms with van der Waals surface area (Å²) >= 11 is 0. The largest absolute Gasteiger partial charge is 0.299 e. The SMILES string of the molecule is CN=Nc1cc(CN2CCCC2)c(C)c(CN2CCCC2)c1. The van der Waals surface area contributed by atoms with E-state index in [-0.39, 0.29) is 0 Å². The molecule has 0 saturated carbocycles. The summed E-state index contributed by atoms with van der Waals surface area (Å²) in [5, 5.41) is 8.29. The molecule has 0 atom stereocenters. The van der Waals surface area contributed by atoms with E-state index >= 15 is 0 Å². The molecule has 4 heteroatoms. The molecule has 3 rings (SSSR count). The van der Waals surface area contributed by atoms with Crippen molar-refractivity contribution in [2.45, 2.75) is 45.7 Å². The lowest BCUT2D eigenvalue weighted by Crippen LogP contribution is -2.21. The molecule has 0 spiro atoms. The lowest BCUT2D eigenvalue weighted by Gasteiger charge is -2.21. The zero-order valence-electron chi connectivity index (χ0n) is 14.0. The van der Waals surface area contributed by atoms with Gasteiger partial charge in [-0.2, -0.15) is 10.2 Å². The van der Waals surface area contributed by atoms with E-state index < -0.39 is 0 Å². The molecule has 0 bridgehead atoms. The highest BCUT2D eigenvalue weighted by molar-refractivity contribution is 5.48. The number of hydrogen-bond donors (Lipinski definition) is 0. The van der Waals surface area contributed by atoms with Crippen molar-refractivity contribution in [2.24, 2.45) is 10.2 Å². The van der Waals surface area contributed by atoms with E-state index in [1.165, 1.54) is 68.6 Å². The van der Waals surface area contributed by atoms with E-state index in [1.54, 1.807) is 7.05 Å². The van der Waals surface area contributed by atoms with Crippen molar-refractivity contribution in [2.75, 3.05) is 33.2 Å². The van der Waals surface area contributed by atoms with Gasteiger partial charge in [-0.15, -0.1) is 0 Å². The normalized spacial score (nSPS) is 20.5. The fourth-order valence-electron chi connectivity index (χ4n) is 3.69. The summed E-state index contributed by atoms with van der Waals surface area (Å²) in [4.78, 5) is 5.13. The van der Waals surface area contributed by atoms with Crippen LogP contribution < -0.4 is 0 Å². The first-order valence-electron chi connectivity index (χ1n) is 8.63. The molecule has 0 radical (unpaired) electrons. The fraction of sp³-hybridized carbons (Fsp3) is 0.667. The minimum atomic E-state index is 1.01. The summed E-state index contributed by atoms with van der Waals surface area (Å²) in [5.74, 6) is 0. The molecular weight excluding hydrogens is 272 g/mol. The second-order valence-electron chi connectivity index (χ2n) is 6.66. The molecule has 4 nitrogen and oxygen atoms in total. The van der Waals surface area contributed by atoms with Crippen molar-refractivity contribution in [1.82, 2.24) is 9.80 Å². The van der Waals surface area contributed by atoms with Crippen molar-refractivity contribution in [3.63, 3.8) is 0 Å². The summed E-state index contributed by atoms with van der Waals surface area (Å²) in [6.45, 7) is 9.35. The third kappa shape index (κ3) is 3.73. The summed E-state index contributed by atoms with van der Waals surface area (Å²) in [7, 11) is 1.75. The van der Waals surface area contributed by atoms with Gasteiger partial charge in [-0.1, -0.05) is 0 Å². The Balaban J connectivity index is 1.84. The standard InChI is InChI=1S/C18H28N4/c1-15-16(13-21-7-3-4-8-21)11-18(20-19-2)12-17(15)14-22-9-5-6-10-22/h11-12H,3-10,13-14H2,1-2H3. The molecule has 22 heavy (non-hydrogen) atoms. The van der Waals surface area contributed by atoms with Crippen LogP contribution in [0.1, 0.15) is 42.4 Å². The molecule has 0 aromatic heterocycles. The Labute approximate surface area is 134 Å². The van der Waals surface area contributed by atoms with Crippen LogP contribution in [0.5, 0.6) is 0 Å². The molecule has 2 aliphatic rings. The first kappa shape index (κ1) is 15.6. The Morgan fingerprint density at radius 2 is 1.32 bits per heavy atom. The van der Waals surface area contributed by atoms with Gasteiger partial charge >= 0.3 is 0 Å². The Morgan fingerprint density at radius 1 is 0.864 bits per heavy atom. The molecule has 2 fully saturated rings. The number of azo groups is 1. The van der Waals surface area contributed by atoms with E-state index in [0.29, 0.717) is 0 Å². The highest BCUT2D eigenvalue weighted by atomic mass is 15.1. The van der Waals surface area contributed by atoms with E-state index in [9.17, 15) is 0 Å². The predicted molar refractivity (Wildman–Crippen MR) is 90.6 cm³/mol. The van der Waals surface area contributed by atoms with Crippen molar-refractivity contribution < 1.29 is 0 Å². The molecule has 1 aromatic carbocycles. The highest BCUT2D eigenvalue weighted by Gasteiger charge is 2.17. The zero-order chi connectivity index (χ0) is 15.4. The molecule has 2 aliphatic heterocycles. The van der Waals surface area contributed by atoms with E-state index in [2.05, 4.69) is 39.1 Å². The second kappa shape index (κ2) is 7.34. The minimum absolute atomic E-state index is 1.01. The number of hydrogen-bond acceptors (Lipinski definition) is 4. The summed E-state index contributed by atoms with van der Waals surface area (Å²) in [6, 6.07) is 4.46. The van der Waals surface area contributed by atoms with Crippen molar-refractivity contribution in [3.05, 3.63) is 28.8 Å².